The van der Waals surface area contributed by atoms with E-state index in [1.54, 1.807) is 6.92 Å². The van der Waals surface area contributed by atoms with Crippen molar-refractivity contribution in [2.45, 2.75) is 26.9 Å². The molecule has 3 heteroatoms. The molecular weight excluding hydrogens is 276 g/mol. The Hall–Kier alpha value is -2.55. The minimum absolute atomic E-state index is 0.163. The lowest BCUT2D eigenvalue weighted by Gasteiger charge is -2.13. The molecule has 0 heterocycles. The molecule has 22 heavy (non-hydrogen) atoms. The molecule has 0 aliphatic carbocycles. The maximum absolute atomic E-state index is 11.5. The van der Waals surface area contributed by atoms with Gasteiger partial charge in [-0.15, -0.1) is 0 Å². The quantitative estimate of drug-likeness (QED) is 0.574. The van der Waals surface area contributed by atoms with Crippen LogP contribution in [-0.4, -0.2) is 5.97 Å². The number of para-hydroxylation sites is 2. The zero-order valence-corrected chi connectivity index (χ0v) is 13.0. The van der Waals surface area contributed by atoms with E-state index in [-0.39, 0.29) is 6.61 Å². The van der Waals surface area contributed by atoms with Crippen molar-refractivity contribution in [3.8, 4) is 11.5 Å². The van der Waals surface area contributed by atoms with Crippen molar-refractivity contribution in [1.29, 1.82) is 0 Å². The van der Waals surface area contributed by atoms with Gasteiger partial charge in [-0.1, -0.05) is 49.9 Å². The molecule has 0 radical (unpaired) electrons. The molecule has 0 fully saturated rings. The van der Waals surface area contributed by atoms with Crippen molar-refractivity contribution in [3.63, 3.8) is 0 Å². The van der Waals surface area contributed by atoms with E-state index in [1.807, 2.05) is 48.5 Å². The lowest BCUT2D eigenvalue weighted by molar-refractivity contribution is -0.140. The molecule has 2 aromatic rings. The Bertz CT molecular complexity index is 674. The van der Waals surface area contributed by atoms with Gasteiger partial charge in [0.15, 0.2) is 0 Å². The summed E-state index contributed by atoms with van der Waals surface area (Å²) in [6.45, 7) is 7.45. The van der Waals surface area contributed by atoms with Crippen LogP contribution in [0, 0.1) is 0 Å². The lowest BCUT2D eigenvalue weighted by atomic mass is 10.1. The Morgan fingerprint density at radius 3 is 2.14 bits per heavy atom. The van der Waals surface area contributed by atoms with E-state index < -0.39 is 5.97 Å². The molecule has 0 saturated heterocycles. The molecule has 3 nitrogen and oxygen atoms in total. The second-order valence-corrected chi connectivity index (χ2v) is 5.03. The molecular formula is C19H20O3. The third-order valence-electron chi connectivity index (χ3n) is 3.25. The first kappa shape index (κ1) is 15.8. The first-order valence-corrected chi connectivity index (χ1v) is 7.28. The molecule has 0 bridgehead atoms. The van der Waals surface area contributed by atoms with Crippen LogP contribution in [-0.2, 0) is 22.6 Å². The summed E-state index contributed by atoms with van der Waals surface area (Å²) in [6, 6.07) is 15.5. The summed E-state index contributed by atoms with van der Waals surface area (Å²) < 4.78 is 11.2. The number of ether oxygens (including phenoxy) is 2. The fourth-order valence-corrected chi connectivity index (χ4v) is 2.00. The van der Waals surface area contributed by atoms with Gasteiger partial charge in [0, 0.05) is 11.1 Å². The highest BCUT2D eigenvalue weighted by atomic mass is 16.5. The predicted molar refractivity (Wildman–Crippen MR) is 86.9 cm³/mol. The molecule has 2 rings (SSSR count). The molecule has 114 valence electrons. The number of hydrogen-bond donors (Lipinski definition) is 0. The molecule has 0 unspecified atom stereocenters. The molecule has 0 aromatic heterocycles. The Morgan fingerprint density at radius 2 is 1.55 bits per heavy atom. The summed E-state index contributed by atoms with van der Waals surface area (Å²) >= 11 is 0. The van der Waals surface area contributed by atoms with Crippen molar-refractivity contribution in [1.82, 2.24) is 0 Å². The molecule has 0 spiro atoms. The van der Waals surface area contributed by atoms with Gasteiger partial charge in [0.2, 0.25) is 0 Å². The molecule has 0 aliphatic heterocycles. The Kier molecular flexibility index (Phi) is 5.37. The van der Waals surface area contributed by atoms with Gasteiger partial charge >= 0.3 is 5.97 Å². The molecule has 0 N–H and O–H groups in total. The van der Waals surface area contributed by atoms with Crippen molar-refractivity contribution in [2.75, 3.05) is 0 Å². The largest absolute Gasteiger partial charge is 0.457 e. The van der Waals surface area contributed by atoms with E-state index in [0.29, 0.717) is 11.3 Å². The number of hydrogen-bond acceptors (Lipinski definition) is 3. The smallest absolute Gasteiger partial charge is 0.333 e. The molecule has 2 aromatic carbocycles. The van der Waals surface area contributed by atoms with E-state index in [9.17, 15) is 4.79 Å². The van der Waals surface area contributed by atoms with E-state index in [1.165, 1.54) is 0 Å². The van der Waals surface area contributed by atoms with Gasteiger partial charge in [-0.05, 0) is 31.0 Å². The number of carbonyl (C=O) groups is 1. The van der Waals surface area contributed by atoms with E-state index in [4.69, 9.17) is 9.47 Å². The number of aryl methyl sites for hydroxylation is 1. The number of rotatable bonds is 6. The second kappa shape index (κ2) is 7.46. The second-order valence-electron chi connectivity index (χ2n) is 5.03. The van der Waals surface area contributed by atoms with E-state index in [0.717, 1.165) is 23.3 Å². The first-order chi connectivity index (χ1) is 10.6. The van der Waals surface area contributed by atoms with Crippen molar-refractivity contribution < 1.29 is 14.3 Å². The Balaban J connectivity index is 2.18. The summed E-state index contributed by atoms with van der Waals surface area (Å²) in [4.78, 5) is 11.5. The van der Waals surface area contributed by atoms with Gasteiger partial charge in [0.25, 0.3) is 0 Å². The highest BCUT2D eigenvalue weighted by molar-refractivity contribution is 5.86. The van der Waals surface area contributed by atoms with E-state index in [2.05, 4.69) is 13.5 Å². The van der Waals surface area contributed by atoms with Crippen LogP contribution < -0.4 is 4.74 Å². The molecule has 0 atom stereocenters. The molecule has 0 amide bonds. The highest BCUT2D eigenvalue weighted by Gasteiger charge is 2.10. The van der Waals surface area contributed by atoms with Crippen LogP contribution in [0.3, 0.4) is 0 Å². The van der Waals surface area contributed by atoms with Crippen molar-refractivity contribution >= 4 is 5.97 Å². The third-order valence-corrected chi connectivity index (χ3v) is 3.25. The summed E-state index contributed by atoms with van der Waals surface area (Å²) in [7, 11) is 0. The third kappa shape index (κ3) is 3.98. The Labute approximate surface area is 131 Å². The summed E-state index contributed by atoms with van der Waals surface area (Å²) in [6.07, 6.45) is 0.892. The van der Waals surface area contributed by atoms with Gasteiger partial charge in [-0.3, -0.25) is 0 Å². The van der Waals surface area contributed by atoms with Gasteiger partial charge < -0.3 is 9.47 Å². The standard InChI is InChI=1S/C19H20O3/c1-4-15-9-5-7-11-17(15)22-18-12-8-6-10-16(18)13-21-19(20)14(2)3/h5-12H,2,4,13H2,1,3H3. The minimum atomic E-state index is -0.399. The lowest BCUT2D eigenvalue weighted by Crippen LogP contribution is -2.05. The molecule has 0 aliphatic rings. The average Bonchev–Trinajstić information content (AvgIpc) is 2.54. The maximum atomic E-state index is 11.5. The maximum Gasteiger partial charge on any atom is 0.333 e. The number of carbonyl (C=O) groups excluding carboxylic acids is 1. The summed E-state index contributed by atoms with van der Waals surface area (Å²) in [5.74, 6) is 1.12. The van der Waals surface area contributed by atoms with Crippen LogP contribution in [0.15, 0.2) is 60.7 Å². The van der Waals surface area contributed by atoms with Crippen LogP contribution in [0.5, 0.6) is 11.5 Å². The minimum Gasteiger partial charge on any atom is -0.457 e. The fourth-order valence-electron chi connectivity index (χ4n) is 2.00. The molecule has 0 saturated carbocycles. The average molecular weight is 296 g/mol. The SMILES string of the molecule is C=C(C)C(=O)OCc1ccccc1Oc1ccccc1CC. The predicted octanol–water partition coefficient (Wildman–Crippen LogP) is 4.66. The van der Waals surface area contributed by atoms with Crippen molar-refractivity contribution in [2.24, 2.45) is 0 Å². The van der Waals surface area contributed by atoms with E-state index >= 15 is 0 Å². The van der Waals surface area contributed by atoms with Crippen LogP contribution in [0.25, 0.3) is 0 Å². The van der Waals surface area contributed by atoms with Crippen LogP contribution in [0.2, 0.25) is 0 Å². The fraction of sp³-hybridized carbons (Fsp3) is 0.211. The summed E-state index contributed by atoms with van der Waals surface area (Å²) in [5, 5.41) is 0. The Morgan fingerprint density at radius 1 is 1.00 bits per heavy atom. The van der Waals surface area contributed by atoms with Crippen molar-refractivity contribution in [3.05, 3.63) is 71.8 Å². The first-order valence-electron chi connectivity index (χ1n) is 7.28. The van der Waals surface area contributed by atoms with Gasteiger partial charge in [0.05, 0.1) is 0 Å². The van der Waals surface area contributed by atoms with Gasteiger partial charge in [0.1, 0.15) is 18.1 Å². The normalized spacial score (nSPS) is 10.1. The van der Waals surface area contributed by atoms with Gasteiger partial charge in [-0.25, -0.2) is 4.79 Å². The number of esters is 1. The number of benzene rings is 2. The summed E-state index contributed by atoms with van der Waals surface area (Å²) in [5.41, 5.74) is 2.34. The topological polar surface area (TPSA) is 35.5 Å². The monoisotopic (exact) mass is 296 g/mol. The van der Waals surface area contributed by atoms with Crippen LogP contribution >= 0.6 is 0 Å². The highest BCUT2D eigenvalue weighted by Crippen LogP contribution is 2.28. The zero-order chi connectivity index (χ0) is 15.9. The van der Waals surface area contributed by atoms with Crippen LogP contribution in [0.4, 0.5) is 0 Å². The van der Waals surface area contributed by atoms with Gasteiger partial charge in [-0.2, -0.15) is 0 Å². The van der Waals surface area contributed by atoms with Crippen LogP contribution in [0.1, 0.15) is 25.0 Å². The zero-order valence-electron chi connectivity index (χ0n) is 13.0.